The molecule has 0 radical (unpaired) electrons. The number of aryl methyl sites for hydroxylation is 1. The van der Waals surface area contributed by atoms with Gasteiger partial charge < -0.3 is 14.2 Å². The Morgan fingerprint density at radius 1 is 0.785 bits per heavy atom. The number of furan rings is 1. The van der Waals surface area contributed by atoms with Gasteiger partial charge in [-0.25, -0.2) is 0 Å². The zero-order valence-corrected chi connectivity index (χ0v) is 52.6. The molecule has 410 valence electrons. The second-order valence-electron chi connectivity index (χ2n) is 28.2. The Bertz CT molecular complexity index is 3480. The van der Waals surface area contributed by atoms with Crippen LogP contribution >= 0.6 is 22.6 Å². The van der Waals surface area contributed by atoms with Gasteiger partial charge in [-0.3, -0.25) is 0 Å². The van der Waals surface area contributed by atoms with E-state index >= 15 is 0 Å². The van der Waals surface area contributed by atoms with E-state index in [9.17, 15) is 0 Å². The average Bonchev–Trinajstić information content (AvgIpc) is 2.69. The van der Waals surface area contributed by atoms with Crippen LogP contribution in [0.3, 0.4) is 0 Å². The number of unbranched alkanes of at least 4 members (excludes halogenated alkanes) is 1. The summed E-state index contributed by atoms with van der Waals surface area (Å²) < 4.78 is 7.85. The van der Waals surface area contributed by atoms with Crippen LogP contribution in [0.15, 0.2) is 161 Å². The van der Waals surface area contributed by atoms with Gasteiger partial charge in [0, 0.05) is 43.0 Å². The van der Waals surface area contributed by atoms with Crippen molar-refractivity contribution in [2.45, 2.75) is 181 Å². The number of allylic oxidation sites excluding steroid dienone is 8. The van der Waals surface area contributed by atoms with Gasteiger partial charge in [0.25, 0.3) is 6.71 Å². The van der Waals surface area contributed by atoms with Crippen LogP contribution in [-0.4, -0.2) is 6.71 Å². The summed E-state index contributed by atoms with van der Waals surface area (Å²) in [7, 11) is 0. The number of alkyl halides is 1. The first-order valence-electron chi connectivity index (χ1n) is 30.2. The van der Waals surface area contributed by atoms with Gasteiger partial charge in [-0.15, -0.1) is 6.58 Å². The van der Waals surface area contributed by atoms with E-state index in [1.54, 1.807) is 0 Å². The molecule has 5 heteroatoms. The van der Waals surface area contributed by atoms with Crippen LogP contribution in [0, 0.1) is 29.6 Å². The smallest absolute Gasteiger partial charge is 0.297 e. The highest BCUT2D eigenvalue weighted by molar-refractivity contribution is 14.1. The van der Waals surface area contributed by atoms with Crippen LogP contribution in [0.4, 0.5) is 28.4 Å². The molecule has 0 N–H and O–H groups in total. The van der Waals surface area contributed by atoms with Gasteiger partial charge >= 0.3 is 0 Å². The molecule has 0 spiro atoms. The minimum Gasteiger partial charge on any atom is -0.468 e. The topological polar surface area (TPSA) is 19.6 Å². The lowest BCUT2D eigenvalue weighted by Gasteiger charge is -2.49. The fraction of sp³-hybridized carbons (Fsp3) is 0.432. The van der Waals surface area contributed by atoms with E-state index in [0.29, 0.717) is 5.92 Å². The summed E-state index contributed by atoms with van der Waals surface area (Å²) in [5, 5.41) is 1.21. The van der Waals surface area contributed by atoms with Crippen LogP contribution < -0.4 is 20.9 Å². The number of benzene rings is 5. The zero-order chi connectivity index (χ0) is 56.2. The molecule has 1 saturated carbocycles. The van der Waals surface area contributed by atoms with Crippen LogP contribution in [0.25, 0.3) is 22.1 Å². The van der Waals surface area contributed by atoms with Gasteiger partial charge in [-0.05, 0) is 204 Å². The lowest BCUT2D eigenvalue weighted by Crippen LogP contribution is -2.55. The minimum absolute atomic E-state index is 0.00387. The quantitative estimate of drug-likeness (QED) is 0.0378. The highest BCUT2D eigenvalue weighted by atomic mass is 127. The van der Waals surface area contributed by atoms with Crippen molar-refractivity contribution in [3.63, 3.8) is 0 Å². The van der Waals surface area contributed by atoms with Gasteiger partial charge in [0.1, 0.15) is 5.58 Å². The molecule has 5 aliphatic rings. The molecule has 0 bridgehead atoms. The largest absolute Gasteiger partial charge is 0.468 e. The maximum absolute atomic E-state index is 7.85. The summed E-state index contributed by atoms with van der Waals surface area (Å²) in [6.07, 6.45) is 26.0. The first-order valence-corrected chi connectivity index (χ1v) is 31.2. The van der Waals surface area contributed by atoms with E-state index in [4.69, 9.17) is 4.42 Å². The third-order valence-electron chi connectivity index (χ3n) is 20.0. The number of rotatable bonds is 13. The second-order valence-corrected chi connectivity index (χ2v) is 30.6. The van der Waals surface area contributed by atoms with Crippen molar-refractivity contribution in [3.05, 3.63) is 185 Å². The molecule has 5 aromatic carbocycles. The number of hydrogen-bond donors (Lipinski definition) is 0. The Hall–Kier alpha value is -5.27. The molecular weight excluding hydrogens is 1070 g/mol. The van der Waals surface area contributed by atoms with Crippen LogP contribution in [-0.2, 0) is 19.7 Å². The highest BCUT2D eigenvalue weighted by Crippen LogP contribution is 2.59. The summed E-state index contributed by atoms with van der Waals surface area (Å²) in [5.74, 6) is 0.905. The SMILES string of the molecule is C=CCC/C=C/CC1(C)CCC(C)(C)C2=CC3=C(C=CC21)N(c1ccc(C(C)(C)C)cc1-c1ccccc1)c1cc(C)cc2c1B3c1oc3cc4c(cc3c1N2c1ccc(C(C)(C)CCC(C)C)cc1)C(C)(I)CCC4(C)CC. The lowest BCUT2D eigenvalue weighted by molar-refractivity contribution is 0.135. The molecule has 3 aliphatic carbocycles. The Kier molecular flexibility index (Phi) is 14.3. The van der Waals surface area contributed by atoms with E-state index in [0.717, 1.165) is 56.2 Å². The van der Waals surface area contributed by atoms with E-state index in [1.165, 1.54) is 114 Å². The molecule has 79 heavy (non-hydrogen) atoms. The summed E-state index contributed by atoms with van der Waals surface area (Å²) in [6, 6.07) is 38.2. The molecule has 6 aromatic rings. The summed E-state index contributed by atoms with van der Waals surface area (Å²) >= 11 is 2.78. The molecule has 1 aromatic heterocycles. The van der Waals surface area contributed by atoms with Crippen molar-refractivity contribution in [3.8, 4) is 11.1 Å². The number of anilines is 5. The second kappa shape index (κ2) is 20.3. The van der Waals surface area contributed by atoms with Crippen LogP contribution in [0.2, 0.25) is 0 Å². The molecule has 2 aliphatic heterocycles. The van der Waals surface area contributed by atoms with Gasteiger partial charge in [-0.1, -0.05) is 197 Å². The maximum Gasteiger partial charge on any atom is 0.297 e. The fourth-order valence-electron chi connectivity index (χ4n) is 14.4. The Balaban J connectivity index is 1.24. The molecule has 3 nitrogen and oxygen atoms in total. The molecule has 3 heterocycles. The summed E-state index contributed by atoms with van der Waals surface area (Å²) in [4.78, 5) is 5.30. The van der Waals surface area contributed by atoms with E-state index in [2.05, 4.69) is 263 Å². The fourth-order valence-corrected chi connectivity index (χ4v) is 15.1. The molecular formula is C74H88BIN2O. The van der Waals surface area contributed by atoms with Crippen molar-refractivity contribution in [2.24, 2.45) is 22.7 Å². The third kappa shape index (κ3) is 9.70. The standard InChI is InChI=1S/C74H88BIN2O/c1-16-18-19-20-24-36-73(14)39-38-71(11,12)57-46-60-62(34-32-56(57)73)78(61-33-29-52(69(6,7)8)44-54(61)50-25-22-21-23-26-50)64-43-49(5)42-63-66(64)75(60)68-67(77(63)53-30-27-51(28-31-53)70(9,10)37-35-48(3)4)55-45-59-58(47-65(55)79-68)72(13,17-2)40-41-74(59,15)76/h16,20-34,42-48,56H,1,17-19,35-41H2,2-15H3/b24-20+. The number of halogens is 1. The van der Waals surface area contributed by atoms with Crippen molar-refractivity contribution in [1.82, 2.24) is 0 Å². The molecule has 0 saturated heterocycles. The van der Waals surface area contributed by atoms with Crippen molar-refractivity contribution >= 4 is 79.8 Å². The summed E-state index contributed by atoms with van der Waals surface area (Å²) in [6.45, 7) is 37.7. The van der Waals surface area contributed by atoms with Crippen molar-refractivity contribution in [2.75, 3.05) is 9.80 Å². The zero-order valence-electron chi connectivity index (χ0n) is 50.4. The van der Waals surface area contributed by atoms with Gasteiger partial charge in [0.2, 0.25) is 0 Å². The Labute approximate surface area is 490 Å². The first-order chi connectivity index (χ1) is 37.4. The molecule has 1 fully saturated rings. The lowest BCUT2D eigenvalue weighted by atomic mass is 9.34. The first kappa shape index (κ1) is 55.6. The van der Waals surface area contributed by atoms with Gasteiger partial charge in [0.15, 0.2) is 0 Å². The monoisotopic (exact) mass is 1160 g/mol. The average molecular weight is 1160 g/mol. The van der Waals surface area contributed by atoms with Gasteiger partial charge in [-0.2, -0.15) is 0 Å². The van der Waals surface area contributed by atoms with Crippen LogP contribution in [0.1, 0.15) is 182 Å². The normalized spacial score (nSPS) is 23.4. The van der Waals surface area contributed by atoms with Gasteiger partial charge in [0.05, 0.1) is 17.0 Å². The molecule has 4 unspecified atom stereocenters. The third-order valence-corrected chi connectivity index (χ3v) is 21.1. The Morgan fingerprint density at radius 2 is 1.49 bits per heavy atom. The minimum atomic E-state index is -0.169. The number of nitrogens with zero attached hydrogens (tertiary/aromatic N) is 2. The van der Waals surface area contributed by atoms with E-state index in [1.807, 2.05) is 6.08 Å². The molecule has 11 rings (SSSR count). The maximum atomic E-state index is 7.85. The molecule has 4 atom stereocenters. The highest BCUT2D eigenvalue weighted by Gasteiger charge is 2.52. The predicted molar refractivity (Wildman–Crippen MR) is 351 cm³/mol. The van der Waals surface area contributed by atoms with E-state index < -0.39 is 0 Å². The number of hydrogen-bond acceptors (Lipinski definition) is 3. The van der Waals surface area contributed by atoms with E-state index in [-0.39, 0.29) is 43.1 Å². The number of fused-ring (bicyclic) bond motifs is 7. The molecule has 0 amide bonds. The van der Waals surface area contributed by atoms with Crippen molar-refractivity contribution in [1.29, 1.82) is 0 Å². The Morgan fingerprint density at radius 3 is 2.18 bits per heavy atom. The van der Waals surface area contributed by atoms with Crippen molar-refractivity contribution < 1.29 is 4.42 Å². The summed E-state index contributed by atoms with van der Waals surface area (Å²) in [5.41, 5.74) is 22.9. The van der Waals surface area contributed by atoms with Crippen LogP contribution in [0.5, 0.6) is 0 Å². The predicted octanol–water partition coefficient (Wildman–Crippen LogP) is 20.7.